The van der Waals surface area contributed by atoms with Gasteiger partial charge in [0, 0.05) is 22.7 Å². The number of hydrogen-bond acceptors (Lipinski definition) is 2. The summed E-state index contributed by atoms with van der Waals surface area (Å²) in [6.07, 6.45) is 0.976. The molecule has 2 amide bonds. The first-order chi connectivity index (χ1) is 10.0. The second-order valence-electron chi connectivity index (χ2n) is 4.62. The molecule has 3 N–H and O–H groups in total. The molecular weight excluding hydrogens is 288 g/mol. The molecule has 0 aromatic heterocycles. The summed E-state index contributed by atoms with van der Waals surface area (Å²) in [5.41, 5.74) is 7.21. The Balaban J connectivity index is 1.88. The number of amides is 2. The zero-order valence-electron chi connectivity index (χ0n) is 11.3. The predicted octanol–water partition coefficient (Wildman–Crippen LogP) is 3.01. The first-order valence-corrected chi connectivity index (χ1v) is 6.86. The van der Waals surface area contributed by atoms with Gasteiger partial charge in [-0.05, 0) is 48.4 Å². The van der Waals surface area contributed by atoms with Crippen molar-refractivity contribution < 1.29 is 9.59 Å². The third-order valence-corrected chi connectivity index (χ3v) is 3.22. The zero-order chi connectivity index (χ0) is 15.2. The number of hydrogen-bond donors (Lipinski definition) is 2. The highest BCUT2D eigenvalue weighted by Crippen LogP contribution is 2.13. The van der Waals surface area contributed by atoms with Crippen LogP contribution in [-0.2, 0) is 11.2 Å². The highest BCUT2D eigenvalue weighted by molar-refractivity contribution is 6.30. The topological polar surface area (TPSA) is 72.2 Å². The van der Waals surface area contributed by atoms with Gasteiger partial charge in [-0.2, -0.15) is 0 Å². The fraction of sp³-hybridized carbons (Fsp3) is 0.125. The highest BCUT2D eigenvalue weighted by atomic mass is 35.5. The molecule has 0 saturated carbocycles. The molecule has 0 aliphatic carbocycles. The Bertz CT molecular complexity index is 654. The number of halogens is 1. The van der Waals surface area contributed by atoms with Gasteiger partial charge in [0.2, 0.25) is 11.8 Å². The molecule has 0 bridgehead atoms. The van der Waals surface area contributed by atoms with Crippen molar-refractivity contribution in [2.75, 3.05) is 5.32 Å². The van der Waals surface area contributed by atoms with Crippen molar-refractivity contribution in [3.05, 3.63) is 64.7 Å². The van der Waals surface area contributed by atoms with Crippen molar-refractivity contribution in [3.63, 3.8) is 0 Å². The summed E-state index contributed by atoms with van der Waals surface area (Å²) in [6, 6.07) is 13.9. The summed E-state index contributed by atoms with van der Waals surface area (Å²) >= 11 is 5.89. The molecule has 0 aliphatic heterocycles. The summed E-state index contributed by atoms with van der Waals surface area (Å²) in [5.74, 6) is -0.587. The van der Waals surface area contributed by atoms with E-state index in [4.69, 9.17) is 17.3 Å². The number of nitrogens with one attached hydrogen (secondary N) is 1. The van der Waals surface area contributed by atoms with E-state index in [-0.39, 0.29) is 5.91 Å². The molecular formula is C16H15ClN2O2. The Morgan fingerprint density at radius 1 is 1.10 bits per heavy atom. The molecule has 0 saturated heterocycles. The van der Waals surface area contributed by atoms with Gasteiger partial charge < -0.3 is 11.1 Å². The van der Waals surface area contributed by atoms with E-state index in [0.29, 0.717) is 29.1 Å². The molecule has 4 nitrogen and oxygen atoms in total. The summed E-state index contributed by atoms with van der Waals surface area (Å²) in [4.78, 5) is 22.8. The van der Waals surface area contributed by atoms with Crippen molar-refractivity contribution in [1.29, 1.82) is 0 Å². The molecule has 0 spiro atoms. The summed E-state index contributed by atoms with van der Waals surface area (Å²) in [7, 11) is 0. The van der Waals surface area contributed by atoms with Crippen LogP contribution in [0.1, 0.15) is 22.3 Å². The number of carbonyl (C=O) groups is 2. The van der Waals surface area contributed by atoms with Gasteiger partial charge in [-0.25, -0.2) is 0 Å². The van der Waals surface area contributed by atoms with Crippen LogP contribution in [0.3, 0.4) is 0 Å². The SMILES string of the molecule is NC(=O)c1ccc(NC(=O)CCc2cccc(Cl)c2)cc1. The number of primary amides is 1. The van der Waals surface area contributed by atoms with E-state index in [2.05, 4.69) is 5.32 Å². The number of anilines is 1. The maximum atomic E-state index is 11.9. The van der Waals surface area contributed by atoms with E-state index >= 15 is 0 Å². The molecule has 0 heterocycles. The third-order valence-electron chi connectivity index (χ3n) is 2.98. The van der Waals surface area contributed by atoms with E-state index in [9.17, 15) is 9.59 Å². The normalized spacial score (nSPS) is 10.1. The average molecular weight is 303 g/mol. The molecule has 21 heavy (non-hydrogen) atoms. The van der Waals surface area contributed by atoms with Crippen LogP contribution in [-0.4, -0.2) is 11.8 Å². The minimum Gasteiger partial charge on any atom is -0.366 e. The van der Waals surface area contributed by atoms with Crippen LogP contribution >= 0.6 is 11.6 Å². The van der Waals surface area contributed by atoms with Gasteiger partial charge in [-0.1, -0.05) is 23.7 Å². The molecule has 0 unspecified atom stereocenters. The second-order valence-corrected chi connectivity index (χ2v) is 5.06. The monoisotopic (exact) mass is 302 g/mol. The molecule has 0 aliphatic rings. The number of benzene rings is 2. The maximum Gasteiger partial charge on any atom is 0.248 e. The van der Waals surface area contributed by atoms with Gasteiger partial charge in [0.25, 0.3) is 0 Å². The van der Waals surface area contributed by atoms with Crippen LogP contribution in [0, 0.1) is 0 Å². The summed E-state index contributed by atoms with van der Waals surface area (Å²) in [5, 5.41) is 3.43. The number of aryl methyl sites for hydroxylation is 1. The smallest absolute Gasteiger partial charge is 0.248 e. The number of carbonyl (C=O) groups excluding carboxylic acids is 2. The average Bonchev–Trinajstić information content (AvgIpc) is 2.46. The predicted molar refractivity (Wildman–Crippen MR) is 83.4 cm³/mol. The Hall–Kier alpha value is -2.33. The fourth-order valence-corrected chi connectivity index (χ4v) is 2.10. The van der Waals surface area contributed by atoms with Crippen LogP contribution in [0.15, 0.2) is 48.5 Å². The minimum absolute atomic E-state index is 0.0956. The molecule has 0 atom stereocenters. The van der Waals surface area contributed by atoms with Crippen molar-refractivity contribution in [1.82, 2.24) is 0 Å². The van der Waals surface area contributed by atoms with Gasteiger partial charge in [-0.3, -0.25) is 9.59 Å². The van der Waals surface area contributed by atoms with E-state index in [0.717, 1.165) is 5.56 Å². The van der Waals surface area contributed by atoms with E-state index < -0.39 is 5.91 Å². The largest absolute Gasteiger partial charge is 0.366 e. The molecule has 108 valence electrons. The van der Waals surface area contributed by atoms with Crippen LogP contribution in [0.5, 0.6) is 0 Å². The summed E-state index contributed by atoms with van der Waals surface area (Å²) in [6.45, 7) is 0. The van der Waals surface area contributed by atoms with Gasteiger partial charge in [0.05, 0.1) is 0 Å². The lowest BCUT2D eigenvalue weighted by Gasteiger charge is -2.06. The summed E-state index contributed by atoms with van der Waals surface area (Å²) < 4.78 is 0. The first kappa shape index (κ1) is 15.1. The maximum absolute atomic E-state index is 11.9. The van der Waals surface area contributed by atoms with Crippen molar-refractivity contribution in [2.45, 2.75) is 12.8 Å². The minimum atomic E-state index is -0.492. The van der Waals surface area contributed by atoms with E-state index in [1.807, 2.05) is 18.2 Å². The van der Waals surface area contributed by atoms with Gasteiger partial charge in [0.1, 0.15) is 0 Å². The molecule has 0 radical (unpaired) electrons. The van der Waals surface area contributed by atoms with Crippen LogP contribution in [0.2, 0.25) is 5.02 Å². The van der Waals surface area contributed by atoms with E-state index in [1.165, 1.54) is 0 Å². The standard InChI is InChI=1S/C16H15ClN2O2/c17-13-3-1-2-11(10-13)4-9-15(20)19-14-7-5-12(6-8-14)16(18)21/h1-3,5-8,10H,4,9H2,(H2,18,21)(H,19,20). The lowest BCUT2D eigenvalue weighted by molar-refractivity contribution is -0.116. The molecule has 5 heteroatoms. The second kappa shape index (κ2) is 6.90. The molecule has 2 rings (SSSR count). The van der Waals surface area contributed by atoms with Crippen molar-refractivity contribution in [3.8, 4) is 0 Å². The van der Waals surface area contributed by atoms with Gasteiger partial charge >= 0.3 is 0 Å². The lowest BCUT2D eigenvalue weighted by Crippen LogP contribution is -2.13. The van der Waals surface area contributed by atoms with Crippen molar-refractivity contribution >= 4 is 29.1 Å². The third kappa shape index (κ3) is 4.61. The van der Waals surface area contributed by atoms with Crippen molar-refractivity contribution in [2.24, 2.45) is 5.73 Å². The number of nitrogens with two attached hydrogens (primary N) is 1. The Morgan fingerprint density at radius 3 is 2.43 bits per heavy atom. The van der Waals surface area contributed by atoms with Gasteiger partial charge in [-0.15, -0.1) is 0 Å². The van der Waals surface area contributed by atoms with Crippen LogP contribution < -0.4 is 11.1 Å². The molecule has 0 fully saturated rings. The van der Waals surface area contributed by atoms with Gasteiger partial charge in [0.15, 0.2) is 0 Å². The Morgan fingerprint density at radius 2 is 1.81 bits per heavy atom. The Labute approximate surface area is 127 Å². The quantitative estimate of drug-likeness (QED) is 0.891. The number of rotatable bonds is 5. The Kier molecular flexibility index (Phi) is 4.95. The van der Waals surface area contributed by atoms with Crippen LogP contribution in [0.25, 0.3) is 0 Å². The fourth-order valence-electron chi connectivity index (χ4n) is 1.89. The molecule has 2 aromatic carbocycles. The highest BCUT2D eigenvalue weighted by Gasteiger charge is 2.05. The van der Waals surface area contributed by atoms with Crippen LogP contribution in [0.4, 0.5) is 5.69 Å². The molecule has 2 aromatic rings. The first-order valence-electron chi connectivity index (χ1n) is 6.49. The zero-order valence-corrected chi connectivity index (χ0v) is 12.1. The lowest BCUT2D eigenvalue weighted by atomic mass is 10.1. The van der Waals surface area contributed by atoms with E-state index in [1.54, 1.807) is 30.3 Å².